The number of carbonyl (C=O) groups excluding carboxylic acids is 1. The molecular weight excluding hydrogens is 434 g/mol. The van der Waals surface area contributed by atoms with Crippen LogP contribution in [0.15, 0.2) is 77.7 Å². The fourth-order valence-corrected chi connectivity index (χ4v) is 4.87. The second kappa shape index (κ2) is 9.87. The summed E-state index contributed by atoms with van der Waals surface area (Å²) in [6.45, 7) is 3.36. The first-order chi connectivity index (χ1) is 15.8. The monoisotopic (exact) mass is 463 g/mol. The van der Waals surface area contributed by atoms with E-state index in [0.29, 0.717) is 13.1 Å². The third-order valence-electron chi connectivity index (χ3n) is 6.14. The molecule has 0 bridgehead atoms. The van der Waals surface area contributed by atoms with Gasteiger partial charge in [-0.1, -0.05) is 66.2 Å². The molecule has 3 aromatic rings. The summed E-state index contributed by atoms with van der Waals surface area (Å²) in [6.07, 6.45) is 2.01. The van der Waals surface area contributed by atoms with E-state index in [2.05, 4.69) is 65.7 Å². The summed E-state index contributed by atoms with van der Waals surface area (Å²) in [5.74, 6) is -0.0676. The van der Waals surface area contributed by atoms with E-state index in [-0.39, 0.29) is 23.4 Å². The number of carbonyl (C=O) groups is 1. The molecule has 1 amide bonds. The SMILES string of the molecule is Cc1ccc(CN(CC(=O)NCc2ccc(S(N)(=O)=O)cc2)[C@H]2CCc3ccccc32)cc1. The minimum absolute atomic E-state index is 0.0572. The average Bonchev–Trinajstić information content (AvgIpc) is 3.23. The van der Waals surface area contributed by atoms with Gasteiger partial charge in [-0.05, 0) is 54.2 Å². The Kier molecular flexibility index (Phi) is 6.93. The fraction of sp³-hybridized carbons (Fsp3) is 0.269. The first kappa shape index (κ1) is 23.2. The van der Waals surface area contributed by atoms with Gasteiger partial charge in [-0.2, -0.15) is 0 Å². The lowest BCUT2D eigenvalue weighted by Crippen LogP contribution is -2.38. The van der Waals surface area contributed by atoms with Crippen molar-refractivity contribution in [1.82, 2.24) is 10.2 Å². The summed E-state index contributed by atoms with van der Waals surface area (Å²) < 4.78 is 22.8. The van der Waals surface area contributed by atoms with Crippen LogP contribution in [0, 0.1) is 6.92 Å². The van der Waals surface area contributed by atoms with E-state index < -0.39 is 10.0 Å². The smallest absolute Gasteiger partial charge is 0.238 e. The van der Waals surface area contributed by atoms with Crippen molar-refractivity contribution in [2.75, 3.05) is 6.54 Å². The van der Waals surface area contributed by atoms with Crippen molar-refractivity contribution in [3.8, 4) is 0 Å². The molecule has 33 heavy (non-hydrogen) atoms. The molecule has 3 aromatic carbocycles. The predicted molar refractivity (Wildman–Crippen MR) is 129 cm³/mol. The first-order valence-electron chi connectivity index (χ1n) is 11.1. The van der Waals surface area contributed by atoms with Crippen LogP contribution in [0.2, 0.25) is 0 Å². The van der Waals surface area contributed by atoms with Crippen LogP contribution >= 0.6 is 0 Å². The molecule has 7 heteroatoms. The lowest BCUT2D eigenvalue weighted by atomic mass is 10.1. The highest BCUT2D eigenvalue weighted by Gasteiger charge is 2.29. The molecule has 0 unspecified atom stereocenters. The number of sulfonamides is 1. The molecule has 1 atom stereocenters. The minimum Gasteiger partial charge on any atom is -0.351 e. The number of nitrogens with zero attached hydrogens (tertiary/aromatic N) is 1. The minimum atomic E-state index is -3.73. The second-order valence-electron chi connectivity index (χ2n) is 8.61. The predicted octanol–water partition coefficient (Wildman–Crippen LogP) is 3.45. The Morgan fingerprint density at radius 2 is 1.67 bits per heavy atom. The Hall–Kier alpha value is -3.00. The molecule has 3 N–H and O–H groups in total. The number of hydrogen-bond acceptors (Lipinski definition) is 4. The van der Waals surface area contributed by atoms with E-state index in [1.165, 1.54) is 34.4 Å². The highest BCUT2D eigenvalue weighted by Crippen LogP contribution is 2.36. The lowest BCUT2D eigenvalue weighted by Gasteiger charge is -2.29. The van der Waals surface area contributed by atoms with Gasteiger partial charge in [0.15, 0.2) is 0 Å². The fourth-order valence-electron chi connectivity index (χ4n) is 4.36. The van der Waals surface area contributed by atoms with E-state index in [0.717, 1.165) is 18.4 Å². The number of nitrogens with one attached hydrogen (secondary N) is 1. The van der Waals surface area contributed by atoms with Crippen LogP contribution in [-0.4, -0.2) is 25.8 Å². The molecule has 6 nitrogen and oxygen atoms in total. The summed E-state index contributed by atoms with van der Waals surface area (Å²) >= 11 is 0. The zero-order valence-electron chi connectivity index (χ0n) is 18.7. The third-order valence-corrected chi connectivity index (χ3v) is 7.07. The van der Waals surface area contributed by atoms with Gasteiger partial charge in [0.25, 0.3) is 0 Å². The molecular formula is C26H29N3O3S. The molecule has 0 aliphatic heterocycles. The number of primary sulfonamides is 1. The summed E-state index contributed by atoms with van der Waals surface area (Å²) in [5, 5.41) is 8.11. The molecule has 0 saturated carbocycles. The quantitative estimate of drug-likeness (QED) is 0.535. The van der Waals surface area contributed by atoms with Crippen LogP contribution in [0.25, 0.3) is 0 Å². The largest absolute Gasteiger partial charge is 0.351 e. The zero-order chi connectivity index (χ0) is 23.4. The van der Waals surface area contributed by atoms with E-state index >= 15 is 0 Å². The van der Waals surface area contributed by atoms with Gasteiger partial charge in [0.05, 0.1) is 11.4 Å². The normalized spacial score (nSPS) is 15.4. The van der Waals surface area contributed by atoms with Crippen molar-refractivity contribution < 1.29 is 13.2 Å². The zero-order valence-corrected chi connectivity index (χ0v) is 19.5. The Bertz CT molecular complexity index is 1220. The van der Waals surface area contributed by atoms with Crippen molar-refractivity contribution >= 4 is 15.9 Å². The molecule has 0 fully saturated rings. The summed E-state index contributed by atoms with van der Waals surface area (Å²) in [4.78, 5) is 15.2. The van der Waals surface area contributed by atoms with E-state index in [9.17, 15) is 13.2 Å². The van der Waals surface area contributed by atoms with Crippen molar-refractivity contribution in [1.29, 1.82) is 0 Å². The van der Waals surface area contributed by atoms with Crippen LogP contribution in [0.4, 0.5) is 0 Å². The van der Waals surface area contributed by atoms with Gasteiger partial charge in [0, 0.05) is 19.1 Å². The van der Waals surface area contributed by atoms with Crippen molar-refractivity contribution in [2.24, 2.45) is 5.14 Å². The second-order valence-corrected chi connectivity index (χ2v) is 10.2. The number of benzene rings is 3. The summed E-state index contributed by atoms with van der Waals surface area (Å²) in [6, 6.07) is 23.3. The topological polar surface area (TPSA) is 92.5 Å². The van der Waals surface area contributed by atoms with Crippen molar-refractivity contribution in [2.45, 2.75) is 43.8 Å². The molecule has 0 aromatic heterocycles. The van der Waals surface area contributed by atoms with Crippen LogP contribution in [0.5, 0.6) is 0 Å². The van der Waals surface area contributed by atoms with Gasteiger partial charge in [-0.25, -0.2) is 13.6 Å². The number of nitrogens with two attached hydrogens (primary N) is 1. The Balaban J connectivity index is 1.45. The van der Waals surface area contributed by atoms with Crippen LogP contribution < -0.4 is 10.5 Å². The van der Waals surface area contributed by atoms with Gasteiger partial charge < -0.3 is 5.32 Å². The molecule has 172 valence electrons. The summed E-state index contributed by atoms with van der Waals surface area (Å²) in [7, 11) is -3.73. The van der Waals surface area contributed by atoms with E-state index in [1.54, 1.807) is 12.1 Å². The third kappa shape index (κ3) is 5.87. The average molecular weight is 464 g/mol. The lowest BCUT2D eigenvalue weighted by molar-refractivity contribution is -0.123. The van der Waals surface area contributed by atoms with Crippen molar-refractivity contribution in [3.05, 3.63) is 101 Å². The molecule has 1 aliphatic rings. The van der Waals surface area contributed by atoms with Gasteiger partial charge in [-0.15, -0.1) is 0 Å². The van der Waals surface area contributed by atoms with Gasteiger partial charge in [0.1, 0.15) is 0 Å². The van der Waals surface area contributed by atoms with Crippen molar-refractivity contribution in [3.63, 3.8) is 0 Å². The number of hydrogen-bond donors (Lipinski definition) is 2. The van der Waals surface area contributed by atoms with E-state index in [1.807, 2.05) is 0 Å². The maximum absolute atomic E-state index is 12.9. The number of fused-ring (bicyclic) bond motifs is 1. The van der Waals surface area contributed by atoms with Crippen LogP contribution in [0.3, 0.4) is 0 Å². The number of aryl methyl sites for hydroxylation is 2. The molecule has 1 aliphatic carbocycles. The Morgan fingerprint density at radius 3 is 2.36 bits per heavy atom. The molecule has 0 radical (unpaired) electrons. The van der Waals surface area contributed by atoms with Gasteiger partial charge in [-0.3, -0.25) is 9.69 Å². The molecule has 0 spiro atoms. The highest BCUT2D eigenvalue weighted by molar-refractivity contribution is 7.89. The van der Waals surface area contributed by atoms with Crippen LogP contribution in [0.1, 0.15) is 40.3 Å². The Morgan fingerprint density at radius 1 is 1.00 bits per heavy atom. The maximum Gasteiger partial charge on any atom is 0.238 e. The highest BCUT2D eigenvalue weighted by atomic mass is 32.2. The first-order valence-corrected chi connectivity index (χ1v) is 12.6. The molecule has 4 rings (SSSR count). The number of rotatable bonds is 8. The van der Waals surface area contributed by atoms with E-state index in [4.69, 9.17) is 5.14 Å². The Labute approximate surface area is 195 Å². The van der Waals surface area contributed by atoms with Gasteiger partial charge in [0.2, 0.25) is 15.9 Å². The van der Waals surface area contributed by atoms with Crippen LogP contribution in [-0.2, 0) is 34.3 Å². The maximum atomic E-state index is 12.9. The molecule has 0 heterocycles. The number of amides is 1. The summed E-state index contributed by atoms with van der Waals surface area (Å²) in [5.41, 5.74) is 5.86. The standard InChI is InChI=1S/C26H29N3O3S/c1-19-6-8-21(9-7-19)17-29(25-15-12-22-4-2-3-5-24(22)25)18-26(30)28-16-20-10-13-23(14-11-20)33(27,31)32/h2-11,13-14,25H,12,15-18H2,1H3,(H,28,30)(H2,27,31,32)/t25-/m0/s1. The van der Waals surface area contributed by atoms with Gasteiger partial charge >= 0.3 is 0 Å². The molecule has 0 saturated heterocycles.